The first-order chi connectivity index (χ1) is 20.3. The number of para-hydroxylation sites is 1. The van der Waals surface area contributed by atoms with Crippen molar-refractivity contribution >= 4 is 27.8 Å². The molecule has 1 unspecified atom stereocenters. The minimum Gasteiger partial charge on any atom is -0.507 e. The van der Waals surface area contributed by atoms with Gasteiger partial charge in [-0.1, -0.05) is 53.6 Å². The number of amides is 2. The van der Waals surface area contributed by atoms with Crippen molar-refractivity contribution in [3.05, 3.63) is 111 Å². The van der Waals surface area contributed by atoms with Gasteiger partial charge in [0.25, 0.3) is 5.56 Å². The summed E-state index contributed by atoms with van der Waals surface area (Å²) in [6.07, 6.45) is 0.548. The van der Waals surface area contributed by atoms with Crippen LogP contribution in [0.25, 0.3) is 21.8 Å². The summed E-state index contributed by atoms with van der Waals surface area (Å²) in [4.78, 5) is 32.3. The molecule has 3 N–H and O–H groups in total. The molecule has 5 aromatic rings. The molecule has 0 aliphatic carbocycles. The average Bonchev–Trinajstić information content (AvgIpc) is 3.36. The SMILES string of the molecule is Cc1ccc(C(c2[nH]c3ccc(C)cc3c2CCNC(=O)N2CCOCC2)c2c(O)c3ccccc3n(C)c2=O)cc1. The number of carbonyl (C=O) groups excluding carboxylic acids is 1. The molecule has 1 atom stereocenters. The quantitative estimate of drug-likeness (QED) is 0.267. The number of ether oxygens (including phenoxy) is 1. The summed E-state index contributed by atoms with van der Waals surface area (Å²) >= 11 is 0. The molecule has 1 fully saturated rings. The predicted octanol–water partition coefficient (Wildman–Crippen LogP) is 5.11. The van der Waals surface area contributed by atoms with Gasteiger partial charge in [0.05, 0.1) is 30.2 Å². The number of carbonyl (C=O) groups is 1. The van der Waals surface area contributed by atoms with E-state index in [1.807, 2.05) is 55.5 Å². The van der Waals surface area contributed by atoms with Crippen LogP contribution >= 0.6 is 0 Å². The fraction of sp³-hybridized carbons (Fsp3) is 0.294. The van der Waals surface area contributed by atoms with Crippen LogP contribution in [0.1, 0.15) is 39.4 Å². The molecule has 8 heteroatoms. The normalized spacial score (nSPS) is 14.4. The van der Waals surface area contributed by atoms with Crippen LogP contribution in [0, 0.1) is 13.8 Å². The Kier molecular flexibility index (Phi) is 7.47. The Hall–Kier alpha value is -4.56. The Balaban J connectivity index is 1.51. The molecule has 8 nitrogen and oxygen atoms in total. The molecule has 1 aliphatic rings. The van der Waals surface area contributed by atoms with Gasteiger partial charge in [-0.2, -0.15) is 0 Å². The first-order valence-electron chi connectivity index (χ1n) is 14.4. The summed E-state index contributed by atoms with van der Waals surface area (Å²) in [7, 11) is 1.75. The third kappa shape index (κ3) is 5.03. The van der Waals surface area contributed by atoms with Crippen LogP contribution in [0.3, 0.4) is 0 Å². The van der Waals surface area contributed by atoms with Crippen molar-refractivity contribution in [2.24, 2.45) is 7.05 Å². The second-order valence-electron chi connectivity index (χ2n) is 11.1. The van der Waals surface area contributed by atoms with E-state index >= 15 is 0 Å². The highest BCUT2D eigenvalue weighted by Gasteiger charge is 2.30. The number of aromatic hydroxyl groups is 1. The van der Waals surface area contributed by atoms with Crippen LogP contribution in [-0.2, 0) is 18.2 Å². The second kappa shape index (κ2) is 11.4. The second-order valence-corrected chi connectivity index (χ2v) is 11.1. The van der Waals surface area contributed by atoms with Crippen LogP contribution in [0.2, 0.25) is 0 Å². The summed E-state index contributed by atoms with van der Waals surface area (Å²) in [6, 6.07) is 21.7. The number of rotatable bonds is 6. The van der Waals surface area contributed by atoms with Gasteiger partial charge in [-0.15, -0.1) is 0 Å². The van der Waals surface area contributed by atoms with Gasteiger partial charge in [0, 0.05) is 48.7 Å². The molecule has 2 aromatic heterocycles. The zero-order valence-corrected chi connectivity index (χ0v) is 24.2. The number of aryl methyl sites for hydroxylation is 3. The number of aromatic amines is 1. The van der Waals surface area contributed by atoms with Crippen LogP contribution in [0.4, 0.5) is 4.79 Å². The Morgan fingerprint density at radius 3 is 2.48 bits per heavy atom. The summed E-state index contributed by atoms with van der Waals surface area (Å²) in [5, 5.41) is 16.5. The predicted molar refractivity (Wildman–Crippen MR) is 166 cm³/mol. The van der Waals surface area contributed by atoms with Crippen molar-refractivity contribution in [2.45, 2.75) is 26.2 Å². The number of nitrogens with zero attached hydrogens (tertiary/aromatic N) is 2. The van der Waals surface area contributed by atoms with Crippen molar-refractivity contribution in [1.82, 2.24) is 19.8 Å². The van der Waals surface area contributed by atoms with Crippen LogP contribution in [0.15, 0.2) is 71.5 Å². The number of H-pyrrole nitrogens is 1. The molecule has 3 aromatic carbocycles. The summed E-state index contributed by atoms with van der Waals surface area (Å²) in [6.45, 7) is 6.74. The maximum absolute atomic E-state index is 14.0. The fourth-order valence-corrected chi connectivity index (χ4v) is 6.07. The van der Waals surface area contributed by atoms with E-state index in [0.29, 0.717) is 55.7 Å². The molecule has 0 saturated carbocycles. The van der Waals surface area contributed by atoms with Gasteiger partial charge in [0.2, 0.25) is 0 Å². The fourth-order valence-electron chi connectivity index (χ4n) is 6.07. The van der Waals surface area contributed by atoms with Crippen LogP contribution in [-0.4, -0.2) is 58.4 Å². The Morgan fingerprint density at radius 2 is 1.71 bits per heavy atom. The highest BCUT2D eigenvalue weighted by atomic mass is 16.5. The molecule has 0 spiro atoms. The molecule has 0 radical (unpaired) electrons. The van der Waals surface area contributed by atoms with Gasteiger partial charge in [0.1, 0.15) is 5.75 Å². The maximum atomic E-state index is 14.0. The lowest BCUT2D eigenvalue weighted by molar-refractivity contribution is 0.0533. The van der Waals surface area contributed by atoms with Crippen molar-refractivity contribution in [2.75, 3.05) is 32.8 Å². The minimum atomic E-state index is -0.563. The summed E-state index contributed by atoms with van der Waals surface area (Å²) in [5.74, 6) is -0.577. The molecule has 42 heavy (non-hydrogen) atoms. The van der Waals surface area contributed by atoms with Gasteiger partial charge in [0.15, 0.2) is 0 Å². The van der Waals surface area contributed by atoms with Gasteiger partial charge in [-0.3, -0.25) is 4.79 Å². The van der Waals surface area contributed by atoms with E-state index in [2.05, 4.69) is 35.4 Å². The molecular formula is C34H36N4O4. The number of hydrogen-bond acceptors (Lipinski definition) is 4. The Labute approximate surface area is 244 Å². The van der Waals surface area contributed by atoms with E-state index in [-0.39, 0.29) is 17.3 Å². The van der Waals surface area contributed by atoms with E-state index in [0.717, 1.165) is 38.9 Å². The highest BCUT2D eigenvalue weighted by Crippen LogP contribution is 2.41. The lowest BCUT2D eigenvalue weighted by Gasteiger charge is -2.27. The Bertz CT molecular complexity index is 1830. The monoisotopic (exact) mass is 564 g/mol. The van der Waals surface area contributed by atoms with E-state index < -0.39 is 5.92 Å². The van der Waals surface area contributed by atoms with Crippen molar-refractivity contribution < 1.29 is 14.6 Å². The summed E-state index contributed by atoms with van der Waals surface area (Å²) in [5.41, 5.74) is 6.64. The summed E-state index contributed by atoms with van der Waals surface area (Å²) < 4.78 is 7.00. The van der Waals surface area contributed by atoms with E-state index in [4.69, 9.17) is 4.74 Å². The smallest absolute Gasteiger partial charge is 0.317 e. The molecule has 1 aliphatic heterocycles. The molecule has 6 rings (SSSR count). The molecular weight excluding hydrogens is 528 g/mol. The number of urea groups is 1. The maximum Gasteiger partial charge on any atom is 0.317 e. The highest BCUT2D eigenvalue weighted by molar-refractivity contribution is 5.89. The minimum absolute atomic E-state index is 0.0133. The van der Waals surface area contributed by atoms with E-state index in [1.54, 1.807) is 16.5 Å². The lowest BCUT2D eigenvalue weighted by Crippen LogP contribution is -2.46. The first-order valence-corrected chi connectivity index (χ1v) is 14.4. The first kappa shape index (κ1) is 27.6. The van der Waals surface area contributed by atoms with Gasteiger partial charge < -0.3 is 29.6 Å². The number of pyridine rings is 1. The standard InChI is InChI=1S/C34H36N4O4/c1-21-8-11-23(12-9-21)29(30-32(39)25-6-4-5-7-28(25)37(3)33(30)40)31-24(26-20-22(2)10-13-27(26)36-31)14-15-35-34(41)38-16-18-42-19-17-38/h4-13,20,29,36,39H,14-19H2,1-3H3,(H,35,41). The largest absolute Gasteiger partial charge is 0.507 e. The topological polar surface area (TPSA) is 99.6 Å². The van der Waals surface area contributed by atoms with E-state index in [9.17, 15) is 14.7 Å². The van der Waals surface area contributed by atoms with Crippen molar-refractivity contribution in [1.29, 1.82) is 0 Å². The number of fused-ring (bicyclic) bond motifs is 2. The van der Waals surface area contributed by atoms with Gasteiger partial charge in [-0.25, -0.2) is 4.79 Å². The molecule has 0 bridgehead atoms. The zero-order chi connectivity index (χ0) is 29.4. The zero-order valence-electron chi connectivity index (χ0n) is 24.2. The third-order valence-electron chi connectivity index (χ3n) is 8.34. The van der Waals surface area contributed by atoms with Crippen LogP contribution in [0.5, 0.6) is 5.75 Å². The number of nitrogens with one attached hydrogen (secondary N) is 2. The molecule has 216 valence electrons. The molecule has 2 amide bonds. The van der Waals surface area contributed by atoms with Gasteiger partial charge >= 0.3 is 6.03 Å². The molecule has 3 heterocycles. The molecule has 1 saturated heterocycles. The third-order valence-corrected chi connectivity index (χ3v) is 8.34. The number of hydrogen-bond donors (Lipinski definition) is 3. The number of morpholine rings is 1. The number of benzene rings is 3. The van der Waals surface area contributed by atoms with Crippen molar-refractivity contribution in [3.8, 4) is 5.75 Å². The van der Waals surface area contributed by atoms with Gasteiger partial charge in [-0.05, 0) is 55.7 Å². The number of aromatic nitrogens is 2. The van der Waals surface area contributed by atoms with E-state index in [1.165, 1.54) is 0 Å². The Morgan fingerprint density at radius 1 is 1.00 bits per heavy atom. The van der Waals surface area contributed by atoms with Crippen LogP contribution < -0.4 is 10.9 Å². The lowest BCUT2D eigenvalue weighted by atomic mass is 9.84. The average molecular weight is 565 g/mol. The van der Waals surface area contributed by atoms with Crippen molar-refractivity contribution in [3.63, 3.8) is 0 Å².